The predicted octanol–water partition coefficient (Wildman–Crippen LogP) is 1.67. The maximum absolute atomic E-state index is 12.2. The predicted molar refractivity (Wildman–Crippen MR) is 96.3 cm³/mol. The van der Waals surface area contributed by atoms with Crippen molar-refractivity contribution < 1.29 is 23.5 Å². The summed E-state index contributed by atoms with van der Waals surface area (Å²) in [6.45, 7) is 0.660. The zero-order valence-electron chi connectivity index (χ0n) is 14.6. The lowest BCUT2D eigenvalue weighted by atomic mass is 10.1. The molecule has 1 fully saturated rings. The molecule has 0 bridgehead atoms. The average molecular weight is 369 g/mol. The van der Waals surface area contributed by atoms with E-state index >= 15 is 0 Å². The third kappa shape index (κ3) is 3.51. The van der Waals surface area contributed by atoms with Crippen LogP contribution in [0.1, 0.15) is 29.0 Å². The Morgan fingerprint density at radius 1 is 1.33 bits per heavy atom. The summed E-state index contributed by atoms with van der Waals surface area (Å²) in [5.74, 6) is -0.488. The van der Waals surface area contributed by atoms with Gasteiger partial charge in [-0.1, -0.05) is 0 Å². The normalized spacial score (nSPS) is 17.7. The van der Waals surface area contributed by atoms with Gasteiger partial charge in [0.05, 0.1) is 29.7 Å². The van der Waals surface area contributed by atoms with E-state index in [-0.39, 0.29) is 24.1 Å². The van der Waals surface area contributed by atoms with Crippen LogP contribution in [0, 0.1) is 0 Å². The largest absolute Gasteiger partial charge is 0.467 e. The van der Waals surface area contributed by atoms with Gasteiger partial charge in [0.15, 0.2) is 6.61 Å². The molecule has 3 heterocycles. The molecule has 0 spiro atoms. The van der Waals surface area contributed by atoms with Crippen LogP contribution in [0.5, 0.6) is 0 Å². The lowest BCUT2D eigenvalue weighted by Crippen LogP contribution is -2.43. The lowest BCUT2D eigenvalue weighted by Gasteiger charge is -2.33. The molecular formula is C19H19N3O5. The molecule has 0 radical (unpaired) electrons. The van der Waals surface area contributed by atoms with Gasteiger partial charge < -0.3 is 24.7 Å². The van der Waals surface area contributed by atoms with Crippen LogP contribution < -0.4 is 15.5 Å². The Bertz CT molecular complexity index is 877. The highest BCUT2D eigenvalue weighted by Crippen LogP contribution is 2.37. The number of hydrogen-bond donors (Lipinski definition) is 2. The number of rotatable bonds is 5. The van der Waals surface area contributed by atoms with Gasteiger partial charge in [0, 0.05) is 6.54 Å². The summed E-state index contributed by atoms with van der Waals surface area (Å²) in [5, 5.41) is 5.45. The average Bonchev–Trinajstić information content (AvgIpc) is 3.36. The SMILES string of the molecule is O=C(COC(=O)c1ccc2c(c1)NC(=O)[C@@H]1CCCN21)NCc1ccco1. The van der Waals surface area contributed by atoms with E-state index in [0.29, 0.717) is 11.4 Å². The summed E-state index contributed by atoms with van der Waals surface area (Å²) < 4.78 is 10.2. The quantitative estimate of drug-likeness (QED) is 0.778. The standard InChI is InChI=1S/C19H19N3O5/c23-17(20-10-13-3-2-8-26-13)11-27-19(25)12-5-6-15-14(9-12)21-18(24)16-4-1-7-22(15)16/h2-3,5-6,8-9,16H,1,4,7,10-11H2,(H,20,23)(H,21,24)/t16-/m0/s1. The number of furan rings is 1. The molecule has 2 N–H and O–H groups in total. The highest BCUT2D eigenvalue weighted by molar-refractivity contribution is 6.05. The Morgan fingerprint density at radius 2 is 2.22 bits per heavy atom. The zero-order chi connectivity index (χ0) is 18.8. The summed E-state index contributed by atoms with van der Waals surface area (Å²) in [5.41, 5.74) is 1.78. The van der Waals surface area contributed by atoms with Crippen molar-refractivity contribution in [2.75, 3.05) is 23.4 Å². The zero-order valence-corrected chi connectivity index (χ0v) is 14.6. The minimum atomic E-state index is -0.622. The van der Waals surface area contributed by atoms with Crippen molar-refractivity contribution >= 4 is 29.2 Å². The van der Waals surface area contributed by atoms with E-state index in [2.05, 4.69) is 15.5 Å². The number of benzene rings is 1. The van der Waals surface area contributed by atoms with Gasteiger partial charge in [-0.3, -0.25) is 9.59 Å². The molecule has 4 rings (SSSR count). The van der Waals surface area contributed by atoms with Crippen molar-refractivity contribution in [3.63, 3.8) is 0 Å². The van der Waals surface area contributed by atoms with Crippen molar-refractivity contribution in [2.24, 2.45) is 0 Å². The van der Waals surface area contributed by atoms with Crippen molar-refractivity contribution in [3.8, 4) is 0 Å². The summed E-state index contributed by atoms with van der Waals surface area (Å²) in [7, 11) is 0. The monoisotopic (exact) mass is 369 g/mol. The van der Waals surface area contributed by atoms with Crippen molar-refractivity contribution in [1.29, 1.82) is 0 Å². The molecular weight excluding hydrogens is 350 g/mol. The Morgan fingerprint density at radius 3 is 3.04 bits per heavy atom. The number of anilines is 2. The molecule has 140 valence electrons. The van der Waals surface area contributed by atoms with E-state index in [1.54, 1.807) is 30.3 Å². The van der Waals surface area contributed by atoms with Gasteiger partial charge in [0.1, 0.15) is 11.8 Å². The minimum Gasteiger partial charge on any atom is -0.467 e. The maximum Gasteiger partial charge on any atom is 0.338 e. The van der Waals surface area contributed by atoms with E-state index in [0.717, 1.165) is 25.1 Å². The van der Waals surface area contributed by atoms with Crippen LogP contribution in [0.15, 0.2) is 41.0 Å². The molecule has 2 aromatic rings. The summed E-state index contributed by atoms with van der Waals surface area (Å²) in [6, 6.07) is 8.37. The Balaban J connectivity index is 1.36. The Kier molecular flexibility index (Phi) is 4.53. The molecule has 0 aliphatic carbocycles. The van der Waals surface area contributed by atoms with Gasteiger partial charge in [0.25, 0.3) is 5.91 Å². The van der Waals surface area contributed by atoms with E-state index < -0.39 is 18.5 Å². The maximum atomic E-state index is 12.2. The summed E-state index contributed by atoms with van der Waals surface area (Å²) >= 11 is 0. The minimum absolute atomic E-state index is 0.0529. The smallest absolute Gasteiger partial charge is 0.338 e. The molecule has 0 unspecified atom stereocenters. The van der Waals surface area contributed by atoms with Gasteiger partial charge >= 0.3 is 5.97 Å². The van der Waals surface area contributed by atoms with Crippen LogP contribution in [0.2, 0.25) is 0 Å². The molecule has 2 aliphatic heterocycles. The number of fused-ring (bicyclic) bond motifs is 3. The molecule has 2 aliphatic rings. The van der Waals surface area contributed by atoms with Crippen molar-refractivity contribution in [3.05, 3.63) is 47.9 Å². The van der Waals surface area contributed by atoms with Gasteiger partial charge in [-0.25, -0.2) is 4.79 Å². The molecule has 0 saturated carbocycles. The number of hydrogen-bond acceptors (Lipinski definition) is 6. The van der Waals surface area contributed by atoms with Gasteiger partial charge in [-0.05, 0) is 43.2 Å². The first-order valence-electron chi connectivity index (χ1n) is 8.79. The molecule has 8 heteroatoms. The third-order valence-corrected chi connectivity index (χ3v) is 4.73. The molecule has 8 nitrogen and oxygen atoms in total. The number of nitrogens with one attached hydrogen (secondary N) is 2. The van der Waals surface area contributed by atoms with E-state index in [4.69, 9.17) is 9.15 Å². The fraction of sp³-hybridized carbons (Fsp3) is 0.316. The molecule has 1 saturated heterocycles. The number of carbonyl (C=O) groups excluding carboxylic acids is 3. The second-order valence-electron chi connectivity index (χ2n) is 6.50. The first kappa shape index (κ1) is 17.1. The molecule has 2 amide bonds. The molecule has 1 atom stereocenters. The first-order chi connectivity index (χ1) is 13.1. The van der Waals surface area contributed by atoms with Crippen LogP contribution in [-0.2, 0) is 20.9 Å². The number of nitrogens with zero attached hydrogens (tertiary/aromatic N) is 1. The number of ether oxygens (including phenoxy) is 1. The first-order valence-corrected chi connectivity index (χ1v) is 8.79. The van der Waals surface area contributed by atoms with E-state index in [1.807, 2.05) is 0 Å². The molecule has 27 heavy (non-hydrogen) atoms. The second kappa shape index (κ2) is 7.14. The van der Waals surface area contributed by atoms with Crippen molar-refractivity contribution in [1.82, 2.24) is 5.32 Å². The van der Waals surface area contributed by atoms with Gasteiger partial charge in [-0.15, -0.1) is 0 Å². The van der Waals surface area contributed by atoms with Crippen LogP contribution >= 0.6 is 0 Å². The molecule has 1 aromatic carbocycles. The third-order valence-electron chi connectivity index (χ3n) is 4.73. The van der Waals surface area contributed by atoms with Gasteiger partial charge in [0.2, 0.25) is 5.91 Å². The topological polar surface area (TPSA) is 101 Å². The van der Waals surface area contributed by atoms with Crippen LogP contribution in [-0.4, -0.2) is 37.0 Å². The Hall–Kier alpha value is -3.29. The highest BCUT2D eigenvalue weighted by Gasteiger charge is 2.36. The number of esters is 1. The lowest BCUT2D eigenvalue weighted by molar-refractivity contribution is -0.124. The van der Waals surface area contributed by atoms with Gasteiger partial charge in [-0.2, -0.15) is 0 Å². The van der Waals surface area contributed by atoms with Crippen molar-refractivity contribution in [2.45, 2.75) is 25.4 Å². The summed E-state index contributed by atoms with van der Waals surface area (Å²) in [4.78, 5) is 38.2. The highest BCUT2D eigenvalue weighted by atomic mass is 16.5. The van der Waals surface area contributed by atoms with Crippen LogP contribution in [0.3, 0.4) is 0 Å². The van der Waals surface area contributed by atoms with E-state index in [1.165, 1.54) is 6.26 Å². The van der Waals surface area contributed by atoms with Crippen LogP contribution in [0.4, 0.5) is 11.4 Å². The number of amides is 2. The fourth-order valence-corrected chi connectivity index (χ4v) is 3.42. The van der Waals surface area contributed by atoms with E-state index in [9.17, 15) is 14.4 Å². The number of carbonyl (C=O) groups is 3. The summed E-state index contributed by atoms with van der Waals surface area (Å²) in [6.07, 6.45) is 3.32. The molecule has 1 aromatic heterocycles. The fourth-order valence-electron chi connectivity index (χ4n) is 3.42. The second-order valence-corrected chi connectivity index (χ2v) is 6.50. The van der Waals surface area contributed by atoms with Crippen LogP contribution in [0.25, 0.3) is 0 Å². The Labute approximate surface area is 155 Å².